The van der Waals surface area contributed by atoms with Gasteiger partial charge in [-0.05, 0) is 43.2 Å². The van der Waals surface area contributed by atoms with Crippen molar-refractivity contribution in [1.29, 1.82) is 0 Å². The number of carboxylic acid groups (broad SMARTS) is 1. The van der Waals surface area contributed by atoms with Gasteiger partial charge >= 0.3 is 12.0 Å². The minimum atomic E-state index is -1.34. The van der Waals surface area contributed by atoms with E-state index in [0.29, 0.717) is 6.54 Å². The molecule has 9 nitrogen and oxygen atoms in total. The van der Waals surface area contributed by atoms with Crippen molar-refractivity contribution in [2.75, 3.05) is 31.5 Å². The fourth-order valence-electron chi connectivity index (χ4n) is 2.77. The molecule has 1 heterocycles. The number of nitrogens with zero attached hydrogens (tertiary/aromatic N) is 2. The molecule has 1 aromatic heterocycles. The second kappa shape index (κ2) is 11.6. The molecule has 1 atom stereocenters. The number of halogens is 1. The number of ether oxygens (including phenoxy) is 1. The van der Waals surface area contributed by atoms with Crippen molar-refractivity contribution < 1.29 is 28.9 Å². The number of carboxylic acids is 1. The van der Waals surface area contributed by atoms with E-state index in [9.17, 15) is 24.2 Å². The van der Waals surface area contributed by atoms with Crippen LogP contribution in [0.1, 0.15) is 35.3 Å². The molecule has 2 amide bonds. The molecule has 2 aromatic rings. The highest BCUT2D eigenvalue weighted by molar-refractivity contribution is 7.11. The molecule has 0 fully saturated rings. The highest BCUT2D eigenvalue weighted by atomic mass is 32.1. The maximum Gasteiger partial charge on any atom is 0.344 e. The number of aromatic carboxylic acids is 1. The normalized spacial score (nSPS) is 11.9. The maximum atomic E-state index is 14.0. The summed E-state index contributed by atoms with van der Waals surface area (Å²) >= 11 is 0.735. The Morgan fingerprint density at radius 1 is 1.32 bits per heavy atom. The van der Waals surface area contributed by atoms with Crippen LogP contribution in [0.15, 0.2) is 18.2 Å². The van der Waals surface area contributed by atoms with Gasteiger partial charge in [0.05, 0.1) is 6.10 Å². The van der Waals surface area contributed by atoms with E-state index in [4.69, 9.17) is 4.74 Å². The molecular weight excluding hydrogens is 427 g/mol. The average Bonchev–Trinajstić information content (AvgIpc) is 3.12. The second-order valence-corrected chi connectivity index (χ2v) is 7.63. The molecule has 0 bridgehead atoms. The molecule has 1 unspecified atom stereocenters. The van der Waals surface area contributed by atoms with Gasteiger partial charge < -0.3 is 25.2 Å². The van der Waals surface area contributed by atoms with Crippen LogP contribution in [-0.2, 0) is 6.61 Å². The number of urea groups is 1. The summed E-state index contributed by atoms with van der Waals surface area (Å²) in [5.41, 5.74) is 0.682. The van der Waals surface area contributed by atoms with E-state index in [1.54, 1.807) is 19.1 Å². The fourth-order valence-corrected chi connectivity index (χ4v) is 3.49. The number of amides is 2. The highest BCUT2D eigenvalue weighted by Crippen LogP contribution is 2.31. The van der Waals surface area contributed by atoms with E-state index in [1.807, 2.05) is 18.7 Å². The van der Waals surface area contributed by atoms with E-state index in [2.05, 4.69) is 15.0 Å². The summed E-state index contributed by atoms with van der Waals surface area (Å²) in [5.74, 6) is -2.02. The molecule has 2 rings (SSSR count). The summed E-state index contributed by atoms with van der Waals surface area (Å²) in [6, 6.07) is 3.94. The lowest BCUT2D eigenvalue weighted by atomic mass is 10.1. The maximum absolute atomic E-state index is 14.0. The summed E-state index contributed by atoms with van der Waals surface area (Å²) in [4.78, 5) is 25.8. The zero-order valence-corrected chi connectivity index (χ0v) is 18.5. The molecule has 0 saturated heterocycles. The third kappa shape index (κ3) is 7.16. The minimum absolute atomic E-state index is 0.000397. The van der Waals surface area contributed by atoms with Crippen LogP contribution in [0.3, 0.4) is 0 Å². The van der Waals surface area contributed by atoms with E-state index in [1.165, 1.54) is 6.07 Å². The van der Waals surface area contributed by atoms with Gasteiger partial charge in [0.1, 0.15) is 17.4 Å². The van der Waals surface area contributed by atoms with Crippen LogP contribution in [0.4, 0.5) is 14.2 Å². The van der Waals surface area contributed by atoms with E-state index >= 15 is 0 Å². The minimum Gasteiger partial charge on any atom is -0.477 e. The average molecular weight is 455 g/mol. The SMILES string of the molecule is CCN(CC)CC(O)CNC(=O)Nc1snc(OCc2ccc(C)cc2F)c1C(=O)O. The van der Waals surface area contributed by atoms with Crippen molar-refractivity contribution in [3.05, 3.63) is 40.7 Å². The molecule has 31 heavy (non-hydrogen) atoms. The van der Waals surface area contributed by atoms with Crippen LogP contribution in [0.25, 0.3) is 0 Å². The Morgan fingerprint density at radius 3 is 2.65 bits per heavy atom. The molecule has 0 aliphatic rings. The molecule has 0 aliphatic carbocycles. The molecular formula is C20H27FN4O5S. The Labute approximate surface area is 184 Å². The summed E-state index contributed by atoms with van der Waals surface area (Å²) in [7, 11) is 0. The van der Waals surface area contributed by atoms with Crippen molar-refractivity contribution >= 4 is 28.5 Å². The van der Waals surface area contributed by atoms with Crippen molar-refractivity contribution in [3.8, 4) is 5.88 Å². The Morgan fingerprint density at radius 2 is 2.03 bits per heavy atom. The predicted molar refractivity (Wildman–Crippen MR) is 115 cm³/mol. The van der Waals surface area contributed by atoms with E-state index in [-0.39, 0.29) is 35.2 Å². The Kier molecular flexibility index (Phi) is 9.16. The van der Waals surface area contributed by atoms with Gasteiger partial charge in [-0.2, -0.15) is 4.37 Å². The van der Waals surface area contributed by atoms with Gasteiger partial charge in [-0.1, -0.05) is 26.0 Å². The largest absolute Gasteiger partial charge is 0.477 e. The van der Waals surface area contributed by atoms with Gasteiger partial charge in [0.15, 0.2) is 5.56 Å². The number of benzene rings is 1. The zero-order valence-electron chi connectivity index (χ0n) is 17.6. The number of aryl methyl sites for hydroxylation is 1. The van der Waals surface area contributed by atoms with Crippen LogP contribution < -0.4 is 15.4 Å². The van der Waals surface area contributed by atoms with Crippen LogP contribution >= 0.6 is 11.5 Å². The lowest BCUT2D eigenvalue weighted by molar-refractivity contribution is 0.0693. The molecule has 11 heteroatoms. The first-order valence-corrected chi connectivity index (χ1v) is 10.6. The third-order valence-electron chi connectivity index (χ3n) is 4.54. The number of carbonyl (C=O) groups excluding carboxylic acids is 1. The number of aliphatic hydroxyl groups excluding tert-OH is 1. The van der Waals surface area contributed by atoms with Crippen molar-refractivity contribution in [2.45, 2.75) is 33.5 Å². The molecule has 0 spiro atoms. The predicted octanol–water partition coefficient (Wildman–Crippen LogP) is 2.69. The monoisotopic (exact) mass is 454 g/mol. The van der Waals surface area contributed by atoms with Gasteiger partial charge in [0, 0.05) is 18.7 Å². The molecule has 0 saturated carbocycles. The number of carbonyl (C=O) groups is 2. The Hall–Kier alpha value is -2.76. The summed E-state index contributed by atoms with van der Waals surface area (Å²) < 4.78 is 23.3. The molecule has 0 radical (unpaired) electrons. The van der Waals surface area contributed by atoms with Crippen molar-refractivity contribution in [2.24, 2.45) is 0 Å². The van der Waals surface area contributed by atoms with Crippen LogP contribution in [0, 0.1) is 12.7 Å². The van der Waals surface area contributed by atoms with Gasteiger partial charge in [-0.15, -0.1) is 0 Å². The summed E-state index contributed by atoms with van der Waals surface area (Å²) in [6.07, 6.45) is -0.769. The number of likely N-dealkylation sites (N-methyl/N-ethyl adjacent to an activating group) is 1. The Balaban J connectivity index is 1.98. The lowest BCUT2D eigenvalue weighted by Crippen LogP contribution is -2.41. The first kappa shape index (κ1) is 24.5. The number of anilines is 1. The number of aromatic nitrogens is 1. The zero-order chi connectivity index (χ0) is 23.0. The standard InChI is InChI=1S/C20H27FN4O5S/c1-4-25(5-2)10-14(26)9-22-20(29)23-18-16(19(27)28)17(24-31-18)30-11-13-7-6-12(3)8-15(13)21/h6-8,14,26H,4-5,9-11H2,1-3H3,(H,27,28)(H2,22,23,29). The number of rotatable bonds is 11. The van der Waals surface area contributed by atoms with Gasteiger partial charge in [-0.3, -0.25) is 5.32 Å². The van der Waals surface area contributed by atoms with Gasteiger partial charge in [0.25, 0.3) is 0 Å². The lowest BCUT2D eigenvalue weighted by Gasteiger charge is -2.21. The first-order valence-electron chi connectivity index (χ1n) is 9.81. The fraction of sp³-hybridized carbons (Fsp3) is 0.450. The van der Waals surface area contributed by atoms with Crippen molar-refractivity contribution in [1.82, 2.24) is 14.6 Å². The van der Waals surface area contributed by atoms with Crippen LogP contribution in [0.5, 0.6) is 5.88 Å². The number of nitrogens with one attached hydrogen (secondary N) is 2. The molecule has 4 N–H and O–H groups in total. The van der Waals surface area contributed by atoms with Crippen LogP contribution in [0.2, 0.25) is 0 Å². The number of aliphatic hydroxyl groups is 1. The quantitative estimate of drug-likeness (QED) is 0.411. The number of hydrogen-bond acceptors (Lipinski definition) is 7. The van der Waals surface area contributed by atoms with Crippen molar-refractivity contribution in [3.63, 3.8) is 0 Å². The smallest absolute Gasteiger partial charge is 0.344 e. The van der Waals surface area contributed by atoms with E-state index in [0.717, 1.165) is 30.2 Å². The number of hydrogen-bond donors (Lipinski definition) is 4. The van der Waals surface area contributed by atoms with Gasteiger partial charge in [0.2, 0.25) is 5.88 Å². The van der Waals surface area contributed by atoms with Crippen LogP contribution in [-0.4, -0.2) is 63.8 Å². The highest BCUT2D eigenvalue weighted by Gasteiger charge is 2.24. The molecule has 1 aromatic carbocycles. The summed E-state index contributed by atoms with van der Waals surface area (Å²) in [5, 5.41) is 24.4. The topological polar surface area (TPSA) is 124 Å². The molecule has 170 valence electrons. The second-order valence-electron chi connectivity index (χ2n) is 6.86. The third-order valence-corrected chi connectivity index (χ3v) is 5.28. The van der Waals surface area contributed by atoms with E-state index < -0.39 is 23.9 Å². The summed E-state index contributed by atoms with van der Waals surface area (Å²) in [6.45, 7) is 7.44. The molecule has 0 aliphatic heterocycles. The Bertz CT molecular complexity index is 904. The van der Waals surface area contributed by atoms with Gasteiger partial charge in [-0.25, -0.2) is 14.0 Å². The first-order chi connectivity index (χ1) is 14.7.